The summed E-state index contributed by atoms with van der Waals surface area (Å²) in [6, 6.07) is 5.46. The van der Waals surface area contributed by atoms with E-state index in [1.54, 1.807) is 13.2 Å². The Labute approximate surface area is 107 Å². The molecule has 0 amide bonds. The third-order valence-electron chi connectivity index (χ3n) is 3.23. The number of aliphatic hydroxyl groups excluding tert-OH is 1. The lowest BCUT2D eigenvalue weighted by molar-refractivity contribution is -0.139. The zero-order valence-electron chi connectivity index (χ0n) is 9.26. The molecule has 0 aliphatic heterocycles. The Hall–Kier alpha value is -1.07. The lowest BCUT2D eigenvalue weighted by Crippen LogP contribution is -2.01. The Morgan fingerprint density at radius 2 is 2.24 bits per heavy atom. The normalized spacial score (nSPS) is 26.6. The van der Waals surface area contributed by atoms with Crippen molar-refractivity contribution in [3.8, 4) is 5.75 Å². The van der Waals surface area contributed by atoms with Gasteiger partial charge in [0.1, 0.15) is 5.75 Å². The van der Waals surface area contributed by atoms with Crippen LogP contribution in [0.5, 0.6) is 5.75 Å². The zero-order valence-corrected chi connectivity index (χ0v) is 10.8. The first-order chi connectivity index (χ1) is 8.10. The van der Waals surface area contributed by atoms with Gasteiger partial charge in [-0.1, -0.05) is 15.9 Å². The zero-order chi connectivity index (χ0) is 12.6. The molecule has 4 nitrogen and oxygen atoms in total. The third kappa shape index (κ3) is 2.17. The van der Waals surface area contributed by atoms with E-state index in [2.05, 4.69) is 15.9 Å². The number of benzene rings is 1. The Kier molecular flexibility index (Phi) is 3.40. The van der Waals surface area contributed by atoms with Crippen molar-refractivity contribution < 1.29 is 19.7 Å². The second-order valence-corrected chi connectivity index (χ2v) is 4.98. The summed E-state index contributed by atoms with van der Waals surface area (Å²) in [7, 11) is 1.57. The van der Waals surface area contributed by atoms with Gasteiger partial charge >= 0.3 is 5.97 Å². The van der Waals surface area contributed by atoms with Crippen LogP contribution in [0.1, 0.15) is 11.5 Å². The molecule has 5 heteroatoms. The van der Waals surface area contributed by atoms with Crippen LogP contribution in [0.2, 0.25) is 0 Å². The highest BCUT2D eigenvalue weighted by atomic mass is 79.9. The summed E-state index contributed by atoms with van der Waals surface area (Å²) in [5, 5.41) is 18.2. The molecule has 1 fully saturated rings. The number of rotatable bonds is 4. The van der Waals surface area contributed by atoms with E-state index in [1.165, 1.54) is 0 Å². The van der Waals surface area contributed by atoms with Crippen molar-refractivity contribution in [3.63, 3.8) is 0 Å². The van der Waals surface area contributed by atoms with Crippen molar-refractivity contribution in [1.29, 1.82) is 0 Å². The fraction of sp³-hybridized carbons (Fsp3) is 0.417. The van der Waals surface area contributed by atoms with Gasteiger partial charge in [-0.2, -0.15) is 0 Å². The largest absolute Gasteiger partial charge is 0.497 e. The minimum atomic E-state index is -0.858. The van der Waals surface area contributed by atoms with Gasteiger partial charge in [0.05, 0.1) is 13.0 Å². The van der Waals surface area contributed by atoms with E-state index in [0.29, 0.717) is 5.75 Å². The van der Waals surface area contributed by atoms with E-state index in [1.807, 2.05) is 12.1 Å². The van der Waals surface area contributed by atoms with Gasteiger partial charge in [-0.25, -0.2) is 0 Å². The maximum absolute atomic E-state index is 11.0. The second kappa shape index (κ2) is 4.66. The van der Waals surface area contributed by atoms with Crippen molar-refractivity contribution in [2.45, 2.75) is 5.92 Å². The van der Waals surface area contributed by atoms with Gasteiger partial charge in [-0.3, -0.25) is 4.79 Å². The maximum atomic E-state index is 11.0. The number of aliphatic hydroxyl groups is 1. The number of carbonyl (C=O) groups is 1. The minimum absolute atomic E-state index is 0.106. The molecule has 0 heterocycles. The van der Waals surface area contributed by atoms with Crippen LogP contribution < -0.4 is 4.74 Å². The number of carboxylic acid groups (broad SMARTS) is 1. The first-order valence-corrected chi connectivity index (χ1v) is 6.06. The van der Waals surface area contributed by atoms with Gasteiger partial charge in [0.2, 0.25) is 0 Å². The third-order valence-corrected chi connectivity index (χ3v) is 3.95. The first-order valence-electron chi connectivity index (χ1n) is 5.27. The van der Waals surface area contributed by atoms with E-state index in [4.69, 9.17) is 14.9 Å². The Morgan fingerprint density at radius 1 is 1.53 bits per heavy atom. The van der Waals surface area contributed by atoms with E-state index in [9.17, 15) is 4.79 Å². The van der Waals surface area contributed by atoms with Crippen LogP contribution in [0, 0.1) is 11.8 Å². The molecule has 92 valence electrons. The van der Waals surface area contributed by atoms with Gasteiger partial charge < -0.3 is 14.9 Å². The molecular formula is C12H13BrO4. The van der Waals surface area contributed by atoms with Crippen LogP contribution in [0.15, 0.2) is 22.7 Å². The van der Waals surface area contributed by atoms with Crippen LogP contribution in [0.25, 0.3) is 0 Å². The van der Waals surface area contributed by atoms with E-state index < -0.39 is 11.9 Å². The number of hydrogen-bond donors (Lipinski definition) is 2. The summed E-state index contributed by atoms with van der Waals surface area (Å²) in [6.07, 6.45) is 0. The van der Waals surface area contributed by atoms with Gasteiger partial charge in [0, 0.05) is 22.9 Å². The second-order valence-electron chi connectivity index (χ2n) is 4.12. The standard InChI is InChI=1S/C12H13BrO4/c1-17-6-2-3-9(13)7(4-6)10-8(5-14)11(10)12(15)16/h2-4,8,10-11,14H,5H2,1H3,(H,15,16)/t8?,10-,11-/m1/s1. The van der Waals surface area contributed by atoms with Crippen LogP contribution >= 0.6 is 15.9 Å². The molecule has 0 aromatic heterocycles. The van der Waals surface area contributed by atoms with Gasteiger partial charge in [-0.15, -0.1) is 0 Å². The number of ether oxygens (including phenoxy) is 1. The topological polar surface area (TPSA) is 66.8 Å². The van der Waals surface area contributed by atoms with Crippen molar-refractivity contribution in [2.75, 3.05) is 13.7 Å². The van der Waals surface area contributed by atoms with Gasteiger partial charge in [0.15, 0.2) is 0 Å². The molecule has 1 aromatic rings. The number of aliphatic carboxylic acids is 1. The maximum Gasteiger partial charge on any atom is 0.307 e. The molecule has 1 saturated carbocycles. The fourth-order valence-corrected chi connectivity index (χ4v) is 2.78. The van der Waals surface area contributed by atoms with Crippen LogP contribution in [-0.4, -0.2) is 29.9 Å². The Morgan fingerprint density at radius 3 is 2.71 bits per heavy atom. The average molecular weight is 301 g/mol. The highest BCUT2D eigenvalue weighted by Crippen LogP contribution is 2.55. The predicted molar refractivity (Wildman–Crippen MR) is 65.1 cm³/mol. The Bertz CT molecular complexity index is 446. The molecule has 0 spiro atoms. The fourth-order valence-electron chi connectivity index (χ4n) is 2.27. The number of carboxylic acids is 1. The summed E-state index contributed by atoms with van der Waals surface area (Å²) in [5.74, 6) is -0.999. The van der Waals surface area contributed by atoms with Crippen LogP contribution in [0.3, 0.4) is 0 Å². The molecule has 1 unspecified atom stereocenters. The van der Waals surface area contributed by atoms with Crippen molar-refractivity contribution >= 4 is 21.9 Å². The number of hydrogen-bond acceptors (Lipinski definition) is 3. The van der Waals surface area contributed by atoms with Gasteiger partial charge in [-0.05, 0) is 23.8 Å². The first kappa shape index (κ1) is 12.4. The molecule has 3 atom stereocenters. The molecule has 0 radical (unpaired) electrons. The van der Waals surface area contributed by atoms with Crippen molar-refractivity contribution in [1.82, 2.24) is 0 Å². The molecule has 1 aromatic carbocycles. The lowest BCUT2D eigenvalue weighted by Gasteiger charge is -2.06. The average Bonchev–Trinajstić information content (AvgIpc) is 3.04. The summed E-state index contributed by atoms with van der Waals surface area (Å²) in [6.45, 7) is -0.106. The van der Waals surface area contributed by atoms with E-state index in [0.717, 1.165) is 10.0 Å². The highest BCUT2D eigenvalue weighted by Gasteiger charge is 2.55. The SMILES string of the molecule is COc1ccc(Br)c([C@@H]2C(CO)[C@H]2C(=O)O)c1. The highest BCUT2D eigenvalue weighted by molar-refractivity contribution is 9.10. The van der Waals surface area contributed by atoms with Gasteiger partial charge in [0.25, 0.3) is 0 Å². The predicted octanol–water partition coefficient (Wildman–Crippen LogP) is 1.86. The number of halogens is 1. The molecular weight excluding hydrogens is 288 g/mol. The Balaban J connectivity index is 2.31. The molecule has 1 aliphatic rings. The molecule has 2 N–H and O–H groups in total. The van der Waals surface area contributed by atoms with E-state index in [-0.39, 0.29) is 18.4 Å². The van der Waals surface area contributed by atoms with Crippen molar-refractivity contribution in [3.05, 3.63) is 28.2 Å². The molecule has 1 aliphatic carbocycles. The van der Waals surface area contributed by atoms with Crippen LogP contribution in [-0.2, 0) is 4.79 Å². The molecule has 0 bridgehead atoms. The smallest absolute Gasteiger partial charge is 0.307 e. The summed E-state index contributed by atoms with van der Waals surface area (Å²) >= 11 is 3.40. The monoisotopic (exact) mass is 300 g/mol. The molecule has 0 saturated heterocycles. The number of methoxy groups -OCH3 is 1. The summed E-state index contributed by atoms with van der Waals surface area (Å²) in [5.41, 5.74) is 0.885. The lowest BCUT2D eigenvalue weighted by atomic mass is 10.1. The van der Waals surface area contributed by atoms with Crippen LogP contribution in [0.4, 0.5) is 0 Å². The quantitative estimate of drug-likeness (QED) is 0.891. The summed E-state index contributed by atoms with van der Waals surface area (Å²) in [4.78, 5) is 11.0. The minimum Gasteiger partial charge on any atom is -0.497 e. The van der Waals surface area contributed by atoms with E-state index >= 15 is 0 Å². The molecule has 17 heavy (non-hydrogen) atoms. The van der Waals surface area contributed by atoms with Crippen molar-refractivity contribution in [2.24, 2.45) is 11.8 Å². The molecule has 2 rings (SSSR count). The summed E-state index contributed by atoms with van der Waals surface area (Å²) < 4.78 is 5.97.